The van der Waals surface area contributed by atoms with Crippen molar-refractivity contribution in [1.29, 1.82) is 0 Å². The highest BCUT2D eigenvalue weighted by Crippen LogP contribution is 2.44. The minimum Gasteiger partial charge on any atom is -0.322 e. The molecule has 10 nitrogen and oxygen atoms in total. The molecule has 4 aromatic rings. The van der Waals surface area contributed by atoms with Crippen LogP contribution in [0.2, 0.25) is 0 Å². The average Bonchev–Trinajstić information content (AvgIpc) is 3.32. The Labute approximate surface area is 270 Å². The molecule has 47 heavy (non-hydrogen) atoms. The fraction of sp³-hybridized carbons (Fsp3) is 0.257. The molecule has 4 heterocycles. The van der Waals surface area contributed by atoms with Crippen LogP contribution in [-0.2, 0) is 20.4 Å². The van der Waals surface area contributed by atoms with Gasteiger partial charge in [0.1, 0.15) is 0 Å². The highest BCUT2D eigenvalue weighted by molar-refractivity contribution is 6.10. The van der Waals surface area contributed by atoms with E-state index in [4.69, 9.17) is 0 Å². The highest BCUT2D eigenvalue weighted by atomic mass is 19.1. The monoisotopic (exact) mass is 640 g/mol. The van der Waals surface area contributed by atoms with E-state index in [0.717, 1.165) is 17.4 Å². The summed E-state index contributed by atoms with van der Waals surface area (Å²) >= 11 is 0. The van der Waals surface area contributed by atoms with Gasteiger partial charge in [-0.3, -0.25) is 29.1 Å². The number of likely N-dealkylation sites (N-methyl/N-ethyl adjacent to an activating group) is 2. The Bertz CT molecular complexity index is 1960. The van der Waals surface area contributed by atoms with Gasteiger partial charge in [-0.05, 0) is 82.1 Å². The topological polar surface area (TPSA) is 125 Å². The van der Waals surface area contributed by atoms with Gasteiger partial charge in [0.25, 0.3) is 11.8 Å². The van der Waals surface area contributed by atoms with Crippen molar-refractivity contribution in [3.63, 3.8) is 0 Å². The van der Waals surface area contributed by atoms with Gasteiger partial charge in [-0.2, -0.15) is 0 Å². The summed E-state index contributed by atoms with van der Waals surface area (Å²) in [6.45, 7) is 9.02. The number of carbonyl (C=O) groups excluding carboxylic acids is 4. The minimum absolute atomic E-state index is 0.00356. The minimum atomic E-state index is -0.782. The molecule has 2 aromatic carbocycles. The van der Waals surface area contributed by atoms with Gasteiger partial charge < -0.3 is 20.4 Å². The third-order valence-corrected chi connectivity index (χ3v) is 8.52. The van der Waals surface area contributed by atoms with E-state index in [9.17, 15) is 28.0 Å². The van der Waals surface area contributed by atoms with E-state index < -0.39 is 34.3 Å². The van der Waals surface area contributed by atoms with E-state index in [1.807, 2.05) is 19.9 Å². The quantitative estimate of drug-likeness (QED) is 0.292. The molecule has 0 spiro atoms. The lowest BCUT2D eigenvalue weighted by atomic mass is 9.86. The number of nitrogens with zero attached hydrogens (tertiary/aromatic N) is 4. The van der Waals surface area contributed by atoms with Gasteiger partial charge in [0.05, 0.1) is 34.0 Å². The summed E-state index contributed by atoms with van der Waals surface area (Å²) < 4.78 is 28.5. The van der Waals surface area contributed by atoms with Gasteiger partial charge in [0.2, 0.25) is 11.8 Å². The summed E-state index contributed by atoms with van der Waals surface area (Å²) in [6.07, 6.45) is 3.88. The van der Waals surface area contributed by atoms with Crippen LogP contribution in [0.1, 0.15) is 65.2 Å². The van der Waals surface area contributed by atoms with Crippen LogP contribution in [0.3, 0.4) is 0 Å². The smallest absolute Gasteiger partial charge is 0.258 e. The molecule has 4 amide bonds. The lowest BCUT2D eigenvalue weighted by molar-refractivity contribution is -0.122. The van der Waals surface area contributed by atoms with Gasteiger partial charge >= 0.3 is 0 Å². The highest BCUT2D eigenvalue weighted by Gasteiger charge is 2.44. The van der Waals surface area contributed by atoms with Crippen molar-refractivity contribution < 1.29 is 28.0 Å². The first-order chi connectivity index (χ1) is 22.0. The Hall–Kier alpha value is -5.52. The predicted octanol–water partition coefficient (Wildman–Crippen LogP) is 5.76. The first-order valence-electron chi connectivity index (χ1n) is 14.7. The number of aryl methyl sites for hydroxylation is 1. The Kier molecular flexibility index (Phi) is 8.40. The molecule has 0 aliphatic carbocycles. The number of carbonyl (C=O) groups is 4. The van der Waals surface area contributed by atoms with Gasteiger partial charge in [-0.15, -0.1) is 0 Å². The van der Waals surface area contributed by atoms with E-state index in [2.05, 4.69) is 20.6 Å². The fourth-order valence-electron chi connectivity index (χ4n) is 5.83. The van der Waals surface area contributed by atoms with E-state index in [1.54, 1.807) is 63.1 Å². The van der Waals surface area contributed by atoms with Crippen LogP contribution in [0, 0.1) is 18.6 Å². The lowest BCUT2D eigenvalue weighted by Crippen LogP contribution is -2.33. The molecule has 2 aromatic heterocycles. The Balaban J connectivity index is 0.000000185. The van der Waals surface area contributed by atoms with Gasteiger partial charge in [-0.1, -0.05) is 12.1 Å². The molecule has 2 aliphatic heterocycles. The van der Waals surface area contributed by atoms with Crippen LogP contribution in [-0.4, -0.2) is 47.7 Å². The van der Waals surface area contributed by atoms with Gasteiger partial charge in [0, 0.05) is 49.1 Å². The van der Waals surface area contributed by atoms with Crippen LogP contribution in [0.5, 0.6) is 0 Å². The summed E-state index contributed by atoms with van der Waals surface area (Å²) in [5, 5.41) is 5.21. The summed E-state index contributed by atoms with van der Waals surface area (Å²) in [7, 11) is 3.24. The maximum atomic E-state index is 14.9. The number of anilines is 4. The maximum Gasteiger partial charge on any atom is 0.258 e. The van der Waals surface area contributed by atoms with Crippen LogP contribution in [0.15, 0.2) is 67.1 Å². The Morgan fingerprint density at radius 1 is 0.787 bits per heavy atom. The Morgan fingerprint density at radius 3 is 2.13 bits per heavy atom. The van der Waals surface area contributed by atoms with Crippen LogP contribution < -0.4 is 20.4 Å². The first kappa shape index (κ1) is 32.9. The number of halogens is 2. The number of amides is 4. The summed E-state index contributed by atoms with van der Waals surface area (Å²) in [4.78, 5) is 59.5. The standard InChI is InChI=1S/C18H18FN3O2.C17H16FN3O2/c1-10-9-11(7-8-20-10)16(23)21-13-6-5-12-15(14(13)19)22(4)17(24)18(12,2)3;1-17(2)12-5-4-10(8-14(12)21(3)16(17)23)20-15(22)11-6-7-19-9-13(11)18/h5-9H,1-4H3,(H,21,23);4-9H,1-3H3,(H,20,22). The number of hydrogen-bond donors (Lipinski definition) is 2. The summed E-state index contributed by atoms with van der Waals surface area (Å²) in [6, 6.07) is 12.9. The lowest BCUT2D eigenvalue weighted by Gasteiger charge is -2.16. The van der Waals surface area contributed by atoms with Crippen molar-refractivity contribution in [3.8, 4) is 0 Å². The van der Waals surface area contributed by atoms with Crippen LogP contribution in [0.4, 0.5) is 31.5 Å². The molecule has 6 rings (SSSR count). The van der Waals surface area contributed by atoms with Crippen molar-refractivity contribution in [2.75, 3.05) is 34.5 Å². The average molecular weight is 641 g/mol. The molecule has 0 radical (unpaired) electrons. The number of hydrogen-bond acceptors (Lipinski definition) is 6. The Morgan fingerprint density at radius 2 is 1.45 bits per heavy atom. The fourth-order valence-corrected chi connectivity index (χ4v) is 5.83. The predicted molar refractivity (Wildman–Crippen MR) is 175 cm³/mol. The van der Waals surface area contributed by atoms with E-state index in [1.165, 1.54) is 36.5 Å². The molecule has 242 valence electrons. The number of fused-ring (bicyclic) bond motifs is 2. The maximum absolute atomic E-state index is 14.9. The van der Waals surface area contributed by atoms with Crippen LogP contribution in [0.25, 0.3) is 0 Å². The number of aromatic nitrogens is 2. The van der Waals surface area contributed by atoms with Crippen LogP contribution >= 0.6 is 0 Å². The van der Waals surface area contributed by atoms with E-state index in [0.29, 0.717) is 22.5 Å². The SMILES string of the molecule is CN1C(=O)C(C)(C)c2ccc(NC(=O)c3ccncc3F)cc21.Cc1cc(C(=O)Nc2ccc3c(c2F)N(C)C(=O)C3(C)C)ccn1. The number of pyridine rings is 2. The summed E-state index contributed by atoms with van der Waals surface area (Å²) in [5.41, 5.74) is 2.67. The third-order valence-electron chi connectivity index (χ3n) is 8.52. The molecule has 0 saturated heterocycles. The molecule has 2 N–H and O–H groups in total. The van der Waals surface area contributed by atoms with Crippen molar-refractivity contribution >= 4 is 46.4 Å². The second-order valence-electron chi connectivity index (χ2n) is 12.5. The first-order valence-corrected chi connectivity index (χ1v) is 14.7. The zero-order valence-electron chi connectivity index (χ0n) is 27.0. The third kappa shape index (κ3) is 5.82. The van der Waals surface area contributed by atoms with Crippen molar-refractivity contribution in [1.82, 2.24) is 9.97 Å². The van der Waals surface area contributed by atoms with E-state index in [-0.39, 0.29) is 28.8 Å². The molecule has 0 bridgehead atoms. The molecule has 2 aliphatic rings. The zero-order chi connectivity index (χ0) is 34.4. The molecule has 0 unspecified atom stereocenters. The largest absolute Gasteiger partial charge is 0.322 e. The van der Waals surface area contributed by atoms with Gasteiger partial charge in [0.15, 0.2) is 11.6 Å². The molecule has 0 saturated carbocycles. The van der Waals surface area contributed by atoms with Crippen molar-refractivity contribution in [2.24, 2.45) is 0 Å². The molecule has 0 fully saturated rings. The molecule has 0 atom stereocenters. The normalized spacial score (nSPS) is 15.4. The van der Waals surface area contributed by atoms with Crippen molar-refractivity contribution in [3.05, 3.63) is 107 Å². The number of rotatable bonds is 4. The molecular weight excluding hydrogens is 606 g/mol. The summed E-state index contributed by atoms with van der Waals surface area (Å²) in [5.74, 6) is -2.45. The number of benzene rings is 2. The van der Waals surface area contributed by atoms with Crippen molar-refractivity contribution in [2.45, 2.75) is 45.4 Å². The van der Waals surface area contributed by atoms with Gasteiger partial charge in [-0.25, -0.2) is 8.78 Å². The zero-order valence-corrected chi connectivity index (χ0v) is 27.0. The van der Waals surface area contributed by atoms with E-state index >= 15 is 0 Å². The number of nitrogens with one attached hydrogen (secondary N) is 2. The second-order valence-corrected chi connectivity index (χ2v) is 12.5. The molecule has 12 heteroatoms. The molecular formula is C35H34F2N6O4. The second kappa shape index (κ2) is 12.0.